The lowest BCUT2D eigenvalue weighted by Crippen LogP contribution is -1.95. The van der Waals surface area contributed by atoms with Gasteiger partial charge in [0.1, 0.15) is 23.0 Å². The summed E-state index contributed by atoms with van der Waals surface area (Å²) in [4.78, 5) is 7.93. The van der Waals surface area contributed by atoms with E-state index in [-0.39, 0.29) is 23.3 Å². The van der Waals surface area contributed by atoms with Gasteiger partial charge >= 0.3 is 0 Å². The molecule has 3 heterocycles. The molecule has 0 aromatic carbocycles. The second-order valence-corrected chi connectivity index (χ2v) is 4.50. The summed E-state index contributed by atoms with van der Waals surface area (Å²) in [7, 11) is 0. The average Bonchev–Trinajstić information content (AvgIpc) is 2.95. The molecule has 0 fully saturated rings. The van der Waals surface area contributed by atoms with Crippen LogP contribution in [0, 0.1) is 25.5 Å². The Hall–Kier alpha value is -2.70. The minimum atomic E-state index is -0.454. The first-order valence-corrected chi connectivity index (χ1v) is 6.14. The quantitative estimate of drug-likeness (QED) is 0.725. The molecular weight excluding hydrogens is 278 g/mol. The molecule has 0 atom stereocenters. The van der Waals surface area contributed by atoms with Crippen LogP contribution in [0.15, 0.2) is 28.8 Å². The van der Waals surface area contributed by atoms with E-state index in [2.05, 4.69) is 20.2 Å². The first-order chi connectivity index (χ1) is 10.0. The lowest BCUT2D eigenvalue weighted by atomic mass is 10.2. The molecule has 3 aromatic rings. The molecule has 5 nitrogen and oxygen atoms in total. The van der Waals surface area contributed by atoms with Crippen LogP contribution in [0.4, 0.5) is 8.78 Å². The lowest BCUT2D eigenvalue weighted by Gasteiger charge is -2.02. The van der Waals surface area contributed by atoms with Gasteiger partial charge in [-0.3, -0.25) is 0 Å². The van der Waals surface area contributed by atoms with Crippen LogP contribution < -0.4 is 0 Å². The Labute approximate surface area is 118 Å². The van der Waals surface area contributed by atoms with Crippen LogP contribution in [0.25, 0.3) is 23.2 Å². The highest BCUT2D eigenvalue weighted by Crippen LogP contribution is 2.23. The third kappa shape index (κ3) is 2.49. The Bertz CT molecular complexity index is 776. The Morgan fingerprint density at radius 3 is 2.33 bits per heavy atom. The van der Waals surface area contributed by atoms with Crippen molar-refractivity contribution in [1.29, 1.82) is 0 Å². The Morgan fingerprint density at radius 1 is 1.00 bits per heavy atom. The topological polar surface area (TPSA) is 64.7 Å². The molecule has 0 aliphatic rings. The fraction of sp³-hybridized carbons (Fsp3) is 0.143. The van der Waals surface area contributed by atoms with E-state index >= 15 is 0 Å². The summed E-state index contributed by atoms with van der Waals surface area (Å²) in [6.45, 7) is 3.19. The number of nitrogens with zero attached hydrogens (tertiary/aromatic N) is 4. The monoisotopic (exact) mass is 288 g/mol. The van der Waals surface area contributed by atoms with Gasteiger partial charge in [0.05, 0.1) is 11.9 Å². The Balaban J connectivity index is 2.00. The van der Waals surface area contributed by atoms with Crippen LogP contribution in [0.2, 0.25) is 0 Å². The molecular formula is C14H10F2N4O. The minimum Gasteiger partial charge on any atom is -0.413 e. The maximum absolute atomic E-state index is 13.6. The highest BCUT2D eigenvalue weighted by atomic mass is 19.1. The number of hydrogen-bond acceptors (Lipinski definition) is 5. The van der Waals surface area contributed by atoms with Gasteiger partial charge in [0, 0.05) is 0 Å². The van der Waals surface area contributed by atoms with Crippen molar-refractivity contribution in [1.82, 2.24) is 20.2 Å². The summed E-state index contributed by atoms with van der Waals surface area (Å²) >= 11 is 0. The normalized spacial score (nSPS) is 10.9. The third-order valence-corrected chi connectivity index (χ3v) is 2.90. The molecule has 0 saturated heterocycles. The smallest absolute Gasteiger partial charge is 0.266 e. The van der Waals surface area contributed by atoms with E-state index in [0.29, 0.717) is 17.0 Å². The second-order valence-electron chi connectivity index (χ2n) is 4.50. The summed E-state index contributed by atoms with van der Waals surface area (Å²) in [6.07, 6.45) is 1.06. The van der Waals surface area contributed by atoms with Gasteiger partial charge in [-0.25, -0.2) is 18.7 Å². The molecule has 21 heavy (non-hydrogen) atoms. The molecule has 0 radical (unpaired) electrons. The molecule has 3 aromatic heterocycles. The van der Waals surface area contributed by atoms with Crippen LogP contribution in [-0.2, 0) is 0 Å². The fourth-order valence-corrected chi connectivity index (χ4v) is 1.86. The van der Waals surface area contributed by atoms with Crippen LogP contribution in [0.5, 0.6) is 0 Å². The SMILES string of the molecule is Cc1cc(-c2nnc(-c3ccc(F)cn3)o2)nc(C)c1F. The molecule has 0 saturated carbocycles. The Kier molecular flexibility index (Phi) is 3.17. The van der Waals surface area contributed by atoms with Gasteiger partial charge < -0.3 is 4.42 Å². The van der Waals surface area contributed by atoms with Crippen molar-refractivity contribution in [2.45, 2.75) is 13.8 Å². The number of aryl methyl sites for hydroxylation is 2. The summed E-state index contributed by atoms with van der Waals surface area (Å²) in [5.74, 6) is -0.516. The fourth-order valence-electron chi connectivity index (χ4n) is 1.86. The number of hydrogen-bond donors (Lipinski definition) is 0. The van der Waals surface area contributed by atoms with E-state index in [0.717, 1.165) is 6.20 Å². The van der Waals surface area contributed by atoms with E-state index in [4.69, 9.17) is 4.42 Å². The molecule has 7 heteroatoms. The first kappa shape index (κ1) is 13.3. The van der Waals surface area contributed by atoms with Gasteiger partial charge in [-0.2, -0.15) is 0 Å². The van der Waals surface area contributed by atoms with Crippen molar-refractivity contribution in [3.63, 3.8) is 0 Å². The van der Waals surface area contributed by atoms with Gasteiger partial charge in [-0.15, -0.1) is 10.2 Å². The zero-order valence-corrected chi connectivity index (χ0v) is 11.3. The first-order valence-electron chi connectivity index (χ1n) is 6.14. The van der Waals surface area contributed by atoms with E-state index in [1.54, 1.807) is 13.8 Å². The van der Waals surface area contributed by atoms with E-state index in [1.165, 1.54) is 18.2 Å². The van der Waals surface area contributed by atoms with E-state index < -0.39 is 5.82 Å². The molecule has 0 amide bonds. The predicted octanol–water partition coefficient (Wildman–Crippen LogP) is 3.09. The Morgan fingerprint density at radius 2 is 1.71 bits per heavy atom. The highest BCUT2D eigenvalue weighted by Gasteiger charge is 2.15. The predicted molar refractivity (Wildman–Crippen MR) is 70.2 cm³/mol. The van der Waals surface area contributed by atoms with Gasteiger partial charge in [0.2, 0.25) is 0 Å². The molecule has 0 spiro atoms. The van der Waals surface area contributed by atoms with Crippen LogP contribution in [-0.4, -0.2) is 20.2 Å². The van der Waals surface area contributed by atoms with Gasteiger partial charge in [0.15, 0.2) is 0 Å². The maximum Gasteiger partial charge on any atom is 0.266 e. The lowest BCUT2D eigenvalue weighted by molar-refractivity contribution is 0.573. The third-order valence-electron chi connectivity index (χ3n) is 2.90. The second kappa shape index (κ2) is 5.01. The molecule has 106 valence electrons. The largest absolute Gasteiger partial charge is 0.413 e. The van der Waals surface area contributed by atoms with Crippen LogP contribution in [0.1, 0.15) is 11.3 Å². The van der Waals surface area contributed by atoms with Crippen molar-refractivity contribution in [3.8, 4) is 23.2 Å². The molecule has 3 rings (SSSR count). The average molecular weight is 288 g/mol. The standard InChI is InChI=1S/C14H10F2N4O/c1-7-5-11(18-8(2)12(7)16)14-20-19-13(21-14)10-4-3-9(15)6-17-10/h3-6H,1-2H3. The maximum atomic E-state index is 13.6. The van der Waals surface area contributed by atoms with Crippen molar-refractivity contribution >= 4 is 0 Å². The summed E-state index contributed by atoms with van der Waals surface area (Å²) < 4.78 is 31.8. The summed E-state index contributed by atoms with van der Waals surface area (Å²) in [5, 5.41) is 7.70. The highest BCUT2D eigenvalue weighted by molar-refractivity contribution is 5.53. The number of aromatic nitrogens is 4. The van der Waals surface area contributed by atoms with E-state index in [9.17, 15) is 8.78 Å². The van der Waals surface area contributed by atoms with Crippen LogP contribution in [0.3, 0.4) is 0 Å². The summed E-state index contributed by atoms with van der Waals surface area (Å²) in [6, 6.07) is 4.20. The van der Waals surface area contributed by atoms with Crippen molar-refractivity contribution < 1.29 is 13.2 Å². The van der Waals surface area contributed by atoms with Crippen molar-refractivity contribution in [2.24, 2.45) is 0 Å². The van der Waals surface area contributed by atoms with Gasteiger partial charge in [-0.1, -0.05) is 0 Å². The number of rotatable bonds is 2. The number of halogens is 2. The van der Waals surface area contributed by atoms with Gasteiger partial charge in [0.25, 0.3) is 11.8 Å². The van der Waals surface area contributed by atoms with Crippen molar-refractivity contribution in [2.75, 3.05) is 0 Å². The van der Waals surface area contributed by atoms with Crippen LogP contribution >= 0.6 is 0 Å². The summed E-state index contributed by atoms with van der Waals surface area (Å²) in [5.41, 5.74) is 1.43. The number of pyridine rings is 2. The molecule has 0 bridgehead atoms. The zero-order valence-electron chi connectivity index (χ0n) is 11.3. The molecule has 0 aliphatic carbocycles. The molecule has 0 unspecified atom stereocenters. The van der Waals surface area contributed by atoms with Gasteiger partial charge in [-0.05, 0) is 37.6 Å². The van der Waals surface area contributed by atoms with E-state index in [1.807, 2.05) is 0 Å². The molecule has 0 N–H and O–H groups in total. The molecule has 0 aliphatic heterocycles. The minimum absolute atomic E-state index is 0.145. The zero-order chi connectivity index (χ0) is 15.0. The van der Waals surface area contributed by atoms with Crippen molar-refractivity contribution in [3.05, 3.63) is 47.3 Å².